The maximum atomic E-state index is 13.6. The van der Waals surface area contributed by atoms with Crippen molar-refractivity contribution in [2.24, 2.45) is 16.2 Å². The molecule has 3 rings (SSSR count). The summed E-state index contributed by atoms with van der Waals surface area (Å²) in [4.78, 5) is 43.8. The molecule has 174 valence electrons. The standard InChI is InChI=1S/C20H28N6O5S/c1-12(2)10-25(15-16(21)26(11-13(3)4)20(29)22-18(15)27)19(28)14-6-5-7-24-8-9-32(30,31)23-17(14)24/h5-7,12-13H,8-11,21H2,1-4H3,(H,22,27,29). The van der Waals surface area contributed by atoms with Crippen molar-refractivity contribution < 1.29 is 13.2 Å². The van der Waals surface area contributed by atoms with Crippen LogP contribution in [0.5, 0.6) is 0 Å². The highest BCUT2D eigenvalue weighted by atomic mass is 32.2. The van der Waals surface area contributed by atoms with Gasteiger partial charge < -0.3 is 15.5 Å². The van der Waals surface area contributed by atoms with E-state index in [0.29, 0.717) is 0 Å². The Morgan fingerprint density at radius 3 is 2.56 bits per heavy atom. The number of nitrogens with zero attached hydrogens (tertiary/aromatic N) is 4. The number of hydrogen-bond acceptors (Lipinski definition) is 7. The van der Waals surface area contributed by atoms with E-state index < -0.39 is 27.2 Å². The van der Waals surface area contributed by atoms with Gasteiger partial charge in [0.15, 0.2) is 11.5 Å². The van der Waals surface area contributed by atoms with Gasteiger partial charge in [0, 0.05) is 25.8 Å². The van der Waals surface area contributed by atoms with Crippen LogP contribution in [0.4, 0.5) is 11.5 Å². The molecule has 12 heteroatoms. The molecule has 0 saturated carbocycles. The third-order valence-corrected chi connectivity index (χ3v) is 6.06. The molecular weight excluding hydrogens is 436 g/mol. The molecule has 3 N–H and O–H groups in total. The van der Waals surface area contributed by atoms with Crippen LogP contribution in [0.25, 0.3) is 0 Å². The number of anilines is 2. The number of nitrogens with two attached hydrogens (primary N) is 1. The number of sulfonamides is 1. The van der Waals surface area contributed by atoms with E-state index in [1.165, 1.54) is 15.5 Å². The second-order valence-electron chi connectivity index (χ2n) is 8.62. The molecular formula is C20H28N6O5S. The molecule has 0 saturated heterocycles. The zero-order valence-corrected chi connectivity index (χ0v) is 19.3. The van der Waals surface area contributed by atoms with Gasteiger partial charge in [-0.15, -0.1) is 4.40 Å². The fourth-order valence-corrected chi connectivity index (χ4v) is 4.54. The first-order chi connectivity index (χ1) is 14.9. The Balaban J connectivity index is 2.16. The summed E-state index contributed by atoms with van der Waals surface area (Å²) in [5, 5.41) is 0. The van der Waals surface area contributed by atoms with Crippen LogP contribution in [0.2, 0.25) is 0 Å². The highest BCUT2D eigenvalue weighted by Crippen LogP contribution is 2.25. The third-order valence-electron chi connectivity index (χ3n) is 4.91. The summed E-state index contributed by atoms with van der Waals surface area (Å²) in [6, 6.07) is 0. The second-order valence-corrected chi connectivity index (χ2v) is 10.4. The summed E-state index contributed by atoms with van der Waals surface area (Å²) >= 11 is 0. The summed E-state index contributed by atoms with van der Waals surface area (Å²) < 4.78 is 29.2. The van der Waals surface area contributed by atoms with Gasteiger partial charge in [0.25, 0.3) is 21.5 Å². The maximum absolute atomic E-state index is 13.6. The van der Waals surface area contributed by atoms with Gasteiger partial charge in [-0.25, -0.2) is 13.2 Å². The number of amidine groups is 1. The molecule has 11 nitrogen and oxygen atoms in total. The van der Waals surface area contributed by atoms with E-state index in [0.717, 1.165) is 0 Å². The first kappa shape index (κ1) is 23.5. The monoisotopic (exact) mass is 464 g/mol. The van der Waals surface area contributed by atoms with Crippen LogP contribution < -0.4 is 21.9 Å². The quantitative estimate of drug-likeness (QED) is 0.613. The van der Waals surface area contributed by atoms with Crippen LogP contribution in [0.3, 0.4) is 0 Å². The van der Waals surface area contributed by atoms with Crippen molar-refractivity contribution in [1.82, 2.24) is 14.5 Å². The van der Waals surface area contributed by atoms with Gasteiger partial charge in [0.1, 0.15) is 5.82 Å². The van der Waals surface area contributed by atoms with E-state index in [4.69, 9.17) is 5.73 Å². The predicted octanol–water partition coefficient (Wildman–Crippen LogP) is 0.261. The highest BCUT2D eigenvalue weighted by molar-refractivity contribution is 7.90. The lowest BCUT2D eigenvalue weighted by Gasteiger charge is -2.32. The molecule has 1 aromatic heterocycles. The van der Waals surface area contributed by atoms with Crippen LogP contribution >= 0.6 is 0 Å². The zero-order valence-electron chi connectivity index (χ0n) is 18.5. The molecule has 0 spiro atoms. The molecule has 0 fully saturated rings. The van der Waals surface area contributed by atoms with Crippen molar-refractivity contribution in [2.75, 3.05) is 29.5 Å². The number of allylic oxidation sites excluding steroid dienone is 2. The molecule has 0 unspecified atom stereocenters. The van der Waals surface area contributed by atoms with Gasteiger partial charge in [-0.05, 0) is 24.0 Å². The van der Waals surface area contributed by atoms with Crippen molar-refractivity contribution in [2.45, 2.75) is 34.2 Å². The van der Waals surface area contributed by atoms with Gasteiger partial charge in [-0.3, -0.25) is 19.1 Å². The number of amides is 1. The topological polar surface area (TPSA) is 151 Å². The first-order valence-corrected chi connectivity index (χ1v) is 11.9. The Kier molecular flexibility index (Phi) is 6.44. The van der Waals surface area contributed by atoms with Gasteiger partial charge in [-0.1, -0.05) is 27.7 Å². The Morgan fingerprint density at radius 2 is 1.94 bits per heavy atom. The maximum Gasteiger partial charge on any atom is 0.330 e. The Bertz CT molecular complexity index is 1240. The molecule has 0 atom stereocenters. The summed E-state index contributed by atoms with van der Waals surface area (Å²) in [5.74, 6) is -0.909. The minimum Gasteiger partial charge on any atom is -0.383 e. The number of aromatic amines is 1. The van der Waals surface area contributed by atoms with E-state index in [1.54, 1.807) is 17.2 Å². The molecule has 1 aromatic rings. The molecule has 3 heterocycles. The van der Waals surface area contributed by atoms with Crippen LogP contribution in [0.1, 0.15) is 27.7 Å². The molecule has 0 radical (unpaired) electrons. The van der Waals surface area contributed by atoms with Crippen molar-refractivity contribution in [1.29, 1.82) is 0 Å². The summed E-state index contributed by atoms with van der Waals surface area (Å²) in [5.41, 5.74) is 4.66. The average Bonchev–Trinajstić information content (AvgIpc) is 2.68. The summed E-state index contributed by atoms with van der Waals surface area (Å²) in [7, 11) is -3.71. The fourth-order valence-electron chi connectivity index (χ4n) is 3.55. The van der Waals surface area contributed by atoms with Gasteiger partial charge in [-0.2, -0.15) is 0 Å². The number of carbonyl (C=O) groups is 1. The second kappa shape index (κ2) is 8.77. The van der Waals surface area contributed by atoms with Crippen LogP contribution in [0, 0.1) is 11.8 Å². The van der Waals surface area contributed by atoms with Crippen molar-refractivity contribution in [3.05, 3.63) is 44.8 Å². The Hall–Kier alpha value is -3.15. The van der Waals surface area contributed by atoms with E-state index in [2.05, 4.69) is 9.38 Å². The molecule has 2 aliphatic rings. The first-order valence-electron chi connectivity index (χ1n) is 10.3. The largest absolute Gasteiger partial charge is 0.383 e. The third kappa shape index (κ3) is 4.69. The number of rotatable bonds is 6. The van der Waals surface area contributed by atoms with E-state index in [1.807, 2.05) is 27.7 Å². The lowest BCUT2D eigenvalue weighted by Crippen LogP contribution is -2.47. The molecule has 1 amide bonds. The molecule has 0 aliphatic carbocycles. The molecule has 0 aromatic carbocycles. The SMILES string of the molecule is CC(C)CN(C(=O)C1=CC=CN2CCS(=O)(=O)N=C12)c1c(N)n(CC(C)C)c(=O)[nH]c1=O. The van der Waals surface area contributed by atoms with Crippen molar-refractivity contribution in [3.8, 4) is 0 Å². The molecule has 0 bridgehead atoms. The van der Waals surface area contributed by atoms with Crippen LogP contribution in [0.15, 0.2) is 37.9 Å². The zero-order chi connectivity index (χ0) is 23.8. The molecule has 32 heavy (non-hydrogen) atoms. The Morgan fingerprint density at radius 1 is 1.25 bits per heavy atom. The van der Waals surface area contributed by atoms with E-state index in [9.17, 15) is 22.8 Å². The van der Waals surface area contributed by atoms with Crippen LogP contribution in [-0.4, -0.2) is 53.5 Å². The highest BCUT2D eigenvalue weighted by Gasteiger charge is 2.34. The van der Waals surface area contributed by atoms with E-state index in [-0.39, 0.29) is 60.1 Å². The minimum absolute atomic E-state index is 0.00279. The van der Waals surface area contributed by atoms with Gasteiger partial charge in [0.05, 0.1) is 11.3 Å². The van der Waals surface area contributed by atoms with E-state index >= 15 is 0 Å². The number of fused-ring (bicyclic) bond motifs is 1. The fraction of sp³-hybridized carbons (Fsp3) is 0.500. The normalized spacial score (nSPS) is 17.2. The van der Waals surface area contributed by atoms with Gasteiger partial charge >= 0.3 is 5.69 Å². The summed E-state index contributed by atoms with van der Waals surface area (Å²) in [6.07, 6.45) is 4.71. The number of H-pyrrole nitrogens is 1. The van der Waals surface area contributed by atoms with Crippen molar-refractivity contribution >= 4 is 33.3 Å². The minimum atomic E-state index is -3.71. The summed E-state index contributed by atoms with van der Waals surface area (Å²) in [6.45, 7) is 8.04. The van der Waals surface area contributed by atoms with Crippen LogP contribution in [-0.2, 0) is 21.4 Å². The number of hydrogen-bond donors (Lipinski definition) is 2. The number of aromatic nitrogens is 2. The molecule has 2 aliphatic heterocycles. The lowest BCUT2D eigenvalue weighted by molar-refractivity contribution is -0.114. The number of nitrogens with one attached hydrogen (secondary N) is 1. The predicted molar refractivity (Wildman–Crippen MR) is 123 cm³/mol. The lowest BCUT2D eigenvalue weighted by atomic mass is 10.1. The Labute approximate surface area is 186 Å². The number of carbonyl (C=O) groups excluding carboxylic acids is 1. The van der Waals surface area contributed by atoms with Gasteiger partial charge in [0.2, 0.25) is 0 Å². The smallest absolute Gasteiger partial charge is 0.330 e. The average molecular weight is 465 g/mol. The van der Waals surface area contributed by atoms with Crippen molar-refractivity contribution in [3.63, 3.8) is 0 Å². The number of nitrogen functional groups attached to an aromatic ring is 1.